The van der Waals surface area contributed by atoms with Gasteiger partial charge in [0.15, 0.2) is 5.82 Å². The number of nitrogens with zero attached hydrogens (tertiary/aromatic N) is 3. The topological polar surface area (TPSA) is 121 Å². The van der Waals surface area contributed by atoms with Crippen molar-refractivity contribution in [1.29, 1.82) is 0 Å². The Morgan fingerprint density at radius 3 is 2.71 bits per heavy atom. The Hall–Kier alpha value is -2.84. The molecule has 0 aliphatic rings. The van der Waals surface area contributed by atoms with Crippen LogP contribution in [0.25, 0.3) is 5.52 Å². The monoisotopic (exact) mass is 335 g/mol. The van der Waals surface area contributed by atoms with E-state index in [1.54, 1.807) is 37.4 Å². The lowest BCUT2D eigenvalue weighted by Crippen LogP contribution is -2.45. The fraction of sp³-hybridized carbons (Fsp3) is 0.467. The fourth-order valence-electron chi connectivity index (χ4n) is 2.16. The number of methoxy groups -OCH3 is 1. The molecule has 0 saturated heterocycles. The van der Waals surface area contributed by atoms with E-state index in [4.69, 9.17) is 15.2 Å². The maximum absolute atomic E-state index is 12.0. The Morgan fingerprint density at radius 2 is 2.08 bits per heavy atom. The first kappa shape index (κ1) is 17.5. The first-order valence-corrected chi connectivity index (χ1v) is 7.35. The van der Waals surface area contributed by atoms with Crippen LogP contribution in [0.1, 0.15) is 26.5 Å². The molecule has 0 aliphatic carbocycles. The molecule has 2 rings (SSSR count). The van der Waals surface area contributed by atoms with Crippen molar-refractivity contribution in [3.05, 3.63) is 24.2 Å². The lowest BCUT2D eigenvalue weighted by atomic mass is 10.1. The number of carbonyl (C=O) groups is 2. The highest BCUT2D eigenvalue weighted by atomic mass is 16.6. The number of nitrogen functional groups attached to an aromatic ring is 1. The molecule has 2 aromatic rings. The lowest BCUT2D eigenvalue weighted by Gasteiger charge is -2.22. The van der Waals surface area contributed by atoms with Crippen LogP contribution in [0, 0.1) is 0 Å². The Kier molecular flexibility index (Phi) is 4.91. The van der Waals surface area contributed by atoms with Crippen molar-refractivity contribution in [2.24, 2.45) is 0 Å². The summed E-state index contributed by atoms with van der Waals surface area (Å²) in [6.07, 6.45) is 0.782. The molecule has 1 unspecified atom stereocenters. The molecule has 0 saturated carbocycles. The molecular weight excluding hydrogens is 314 g/mol. The van der Waals surface area contributed by atoms with Crippen molar-refractivity contribution in [3.63, 3.8) is 0 Å². The van der Waals surface area contributed by atoms with E-state index in [0.29, 0.717) is 17.0 Å². The van der Waals surface area contributed by atoms with Crippen LogP contribution in [0.15, 0.2) is 18.5 Å². The van der Waals surface area contributed by atoms with E-state index in [1.165, 1.54) is 13.4 Å². The largest absolute Gasteiger partial charge is 0.467 e. The molecule has 130 valence electrons. The molecular formula is C15H21N5O4. The number of carbonyl (C=O) groups excluding carboxylic acids is 2. The first-order valence-electron chi connectivity index (χ1n) is 7.35. The second kappa shape index (κ2) is 6.73. The van der Waals surface area contributed by atoms with Gasteiger partial charge in [0, 0.05) is 12.1 Å². The van der Waals surface area contributed by atoms with Gasteiger partial charge in [0.1, 0.15) is 23.5 Å². The number of aromatic nitrogens is 3. The summed E-state index contributed by atoms with van der Waals surface area (Å²) >= 11 is 0. The zero-order valence-electron chi connectivity index (χ0n) is 14.1. The standard InChI is InChI=1S/C15H21N5O4/c1-15(2,3)24-14(22)19-10(13(21)23-4)7-9-5-6-11-12(16)17-8-18-20(9)11/h5-6,8,10H,7H2,1-4H3,(H,19,22)(H2,16,17,18). The van der Waals surface area contributed by atoms with E-state index in [0.717, 1.165) is 0 Å². The van der Waals surface area contributed by atoms with Crippen LogP contribution < -0.4 is 11.1 Å². The van der Waals surface area contributed by atoms with Crippen LogP contribution >= 0.6 is 0 Å². The number of hydrogen-bond acceptors (Lipinski definition) is 7. The molecule has 0 spiro atoms. The van der Waals surface area contributed by atoms with E-state index in [1.807, 2.05) is 0 Å². The summed E-state index contributed by atoms with van der Waals surface area (Å²) in [5, 5.41) is 6.63. The minimum absolute atomic E-state index is 0.163. The number of hydrogen-bond donors (Lipinski definition) is 2. The van der Waals surface area contributed by atoms with Crippen molar-refractivity contribution >= 4 is 23.4 Å². The van der Waals surface area contributed by atoms with Crippen LogP contribution in [0.4, 0.5) is 10.6 Å². The lowest BCUT2D eigenvalue weighted by molar-refractivity contribution is -0.143. The molecule has 3 N–H and O–H groups in total. The van der Waals surface area contributed by atoms with Gasteiger partial charge in [-0.2, -0.15) is 5.10 Å². The Labute approximate surface area is 139 Å². The second-order valence-corrected chi connectivity index (χ2v) is 6.19. The predicted octanol–water partition coefficient (Wildman–Crippen LogP) is 0.920. The smallest absolute Gasteiger partial charge is 0.408 e. The number of alkyl carbamates (subject to hydrolysis) is 1. The van der Waals surface area contributed by atoms with Gasteiger partial charge in [0.05, 0.1) is 7.11 Å². The number of nitrogens with two attached hydrogens (primary N) is 1. The summed E-state index contributed by atoms with van der Waals surface area (Å²) < 4.78 is 11.5. The molecule has 2 heterocycles. The van der Waals surface area contributed by atoms with Gasteiger partial charge in [0.2, 0.25) is 0 Å². The molecule has 0 aliphatic heterocycles. The summed E-state index contributed by atoms with van der Waals surface area (Å²) in [5.41, 5.74) is 6.40. The highest BCUT2D eigenvalue weighted by Crippen LogP contribution is 2.15. The molecule has 0 fully saturated rings. The van der Waals surface area contributed by atoms with Crippen molar-refractivity contribution in [3.8, 4) is 0 Å². The molecule has 24 heavy (non-hydrogen) atoms. The van der Waals surface area contributed by atoms with Crippen LogP contribution in [-0.4, -0.2) is 45.4 Å². The minimum atomic E-state index is -0.917. The van der Waals surface area contributed by atoms with Crippen LogP contribution in [-0.2, 0) is 20.7 Å². The van der Waals surface area contributed by atoms with Gasteiger partial charge in [-0.05, 0) is 32.9 Å². The normalized spacial score (nSPS) is 12.7. The molecule has 1 amide bonds. The van der Waals surface area contributed by atoms with Crippen molar-refractivity contribution < 1.29 is 19.1 Å². The van der Waals surface area contributed by atoms with Gasteiger partial charge in [-0.3, -0.25) is 0 Å². The molecule has 9 nitrogen and oxygen atoms in total. The number of ether oxygens (including phenoxy) is 2. The van der Waals surface area contributed by atoms with Crippen LogP contribution in [0.3, 0.4) is 0 Å². The quantitative estimate of drug-likeness (QED) is 0.797. The summed E-state index contributed by atoms with van der Waals surface area (Å²) in [7, 11) is 1.25. The van der Waals surface area contributed by atoms with Gasteiger partial charge < -0.3 is 20.5 Å². The highest BCUT2D eigenvalue weighted by molar-refractivity contribution is 5.81. The second-order valence-electron chi connectivity index (χ2n) is 6.19. The fourth-order valence-corrected chi connectivity index (χ4v) is 2.16. The third kappa shape index (κ3) is 4.12. The number of fused-ring (bicyclic) bond motifs is 1. The zero-order valence-corrected chi connectivity index (χ0v) is 14.1. The Morgan fingerprint density at radius 1 is 1.38 bits per heavy atom. The Bertz CT molecular complexity index is 750. The van der Waals surface area contributed by atoms with Crippen molar-refractivity contribution in [2.45, 2.75) is 38.8 Å². The molecule has 0 bridgehead atoms. The third-order valence-corrected chi connectivity index (χ3v) is 3.15. The number of esters is 1. The third-order valence-electron chi connectivity index (χ3n) is 3.15. The summed E-state index contributed by atoms with van der Waals surface area (Å²) in [6.45, 7) is 5.21. The summed E-state index contributed by atoms with van der Waals surface area (Å²) in [5.74, 6) is -0.260. The van der Waals surface area contributed by atoms with Crippen molar-refractivity contribution in [2.75, 3.05) is 12.8 Å². The van der Waals surface area contributed by atoms with Crippen LogP contribution in [0.2, 0.25) is 0 Å². The highest BCUT2D eigenvalue weighted by Gasteiger charge is 2.26. The van der Waals surface area contributed by atoms with Crippen molar-refractivity contribution in [1.82, 2.24) is 19.9 Å². The van der Waals surface area contributed by atoms with Gasteiger partial charge in [-0.25, -0.2) is 19.1 Å². The first-order chi connectivity index (χ1) is 11.2. The van der Waals surface area contributed by atoms with E-state index in [-0.39, 0.29) is 6.42 Å². The van der Waals surface area contributed by atoms with E-state index in [2.05, 4.69) is 15.4 Å². The molecule has 0 radical (unpaired) electrons. The summed E-state index contributed by atoms with van der Waals surface area (Å²) in [6, 6.07) is 2.58. The molecule has 0 aromatic carbocycles. The molecule has 9 heteroatoms. The summed E-state index contributed by atoms with van der Waals surface area (Å²) in [4.78, 5) is 27.8. The predicted molar refractivity (Wildman–Crippen MR) is 86.3 cm³/mol. The maximum Gasteiger partial charge on any atom is 0.408 e. The van der Waals surface area contributed by atoms with Gasteiger partial charge in [-0.15, -0.1) is 0 Å². The molecule has 2 aromatic heterocycles. The Balaban J connectivity index is 2.21. The van der Waals surface area contributed by atoms with Gasteiger partial charge >= 0.3 is 12.1 Å². The minimum Gasteiger partial charge on any atom is -0.467 e. The zero-order chi connectivity index (χ0) is 17.9. The molecule has 1 atom stereocenters. The number of anilines is 1. The number of amides is 1. The van der Waals surface area contributed by atoms with E-state index < -0.39 is 23.7 Å². The number of nitrogens with one attached hydrogen (secondary N) is 1. The van der Waals surface area contributed by atoms with Gasteiger partial charge in [-0.1, -0.05) is 0 Å². The number of rotatable bonds is 4. The van der Waals surface area contributed by atoms with E-state index in [9.17, 15) is 9.59 Å². The van der Waals surface area contributed by atoms with E-state index >= 15 is 0 Å². The average Bonchev–Trinajstić information content (AvgIpc) is 2.88. The maximum atomic E-state index is 12.0. The van der Waals surface area contributed by atoms with Crippen LogP contribution in [0.5, 0.6) is 0 Å². The SMILES string of the molecule is COC(=O)C(Cc1ccc2c(N)ncnn12)NC(=O)OC(C)(C)C. The van der Waals surface area contributed by atoms with Gasteiger partial charge in [0.25, 0.3) is 0 Å². The average molecular weight is 335 g/mol.